The third kappa shape index (κ3) is 1.96. The predicted octanol–water partition coefficient (Wildman–Crippen LogP) is 1.11. The van der Waals surface area contributed by atoms with Gasteiger partial charge in [0.25, 0.3) is 5.56 Å². The first-order valence-corrected chi connectivity index (χ1v) is 6.66. The zero-order valence-electron chi connectivity index (χ0n) is 12.1. The van der Waals surface area contributed by atoms with Crippen LogP contribution in [0.15, 0.2) is 46.0 Å². The molecule has 0 saturated heterocycles. The monoisotopic (exact) mass is 295 g/mol. The molecule has 0 aliphatic heterocycles. The Morgan fingerprint density at radius 3 is 2.36 bits per heavy atom. The predicted molar refractivity (Wildman–Crippen MR) is 83.0 cm³/mol. The third-order valence-electron chi connectivity index (χ3n) is 3.63. The van der Waals surface area contributed by atoms with Gasteiger partial charge in [-0.05, 0) is 6.07 Å². The second-order valence-corrected chi connectivity index (χ2v) is 4.99. The van der Waals surface area contributed by atoms with Crippen LogP contribution in [-0.4, -0.2) is 20.4 Å². The van der Waals surface area contributed by atoms with E-state index in [0.717, 1.165) is 10.1 Å². The van der Waals surface area contributed by atoms with E-state index in [1.165, 1.54) is 17.7 Å². The number of aldehydes is 1. The molecule has 0 aliphatic carbocycles. The van der Waals surface area contributed by atoms with Crippen LogP contribution in [0.4, 0.5) is 0 Å². The summed E-state index contributed by atoms with van der Waals surface area (Å²) in [5.41, 5.74) is 0.856. The Kier molecular flexibility index (Phi) is 3.21. The van der Waals surface area contributed by atoms with E-state index >= 15 is 0 Å². The molecule has 0 amide bonds. The van der Waals surface area contributed by atoms with Crippen LogP contribution < -0.4 is 11.2 Å². The van der Waals surface area contributed by atoms with Gasteiger partial charge in [-0.2, -0.15) is 0 Å². The van der Waals surface area contributed by atoms with Crippen LogP contribution in [0.1, 0.15) is 10.4 Å². The molecule has 0 unspecified atom stereocenters. The van der Waals surface area contributed by atoms with Gasteiger partial charge in [0.2, 0.25) is 0 Å². The summed E-state index contributed by atoms with van der Waals surface area (Å²) in [6.07, 6.45) is 0.666. The van der Waals surface area contributed by atoms with Crippen molar-refractivity contribution in [1.29, 1.82) is 0 Å². The van der Waals surface area contributed by atoms with E-state index < -0.39 is 11.2 Å². The van der Waals surface area contributed by atoms with E-state index in [0.29, 0.717) is 17.5 Å². The van der Waals surface area contributed by atoms with Gasteiger partial charge in [-0.15, -0.1) is 0 Å². The maximum Gasteiger partial charge on any atom is 0.332 e. The molecule has 0 bridgehead atoms. The number of aryl methyl sites for hydroxylation is 1. The second kappa shape index (κ2) is 5.07. The molecule has 3 aromatic rings. The van der Waals surface area contributed by atoms with E-state index in [1.54, 1.807) is 7.05 Å². The van der Waals surface area contributed by atoms with Gasteiger partial charge in [0.05, 0.1) is 11.1 Å². The Balaban J connectivity index is 2.49. The van der Waals surface area contributed by atoms with Gasteiger partial charge in [-0.1, -0.05) is 30.3 Å². The van der Waals surface area contributed by atoms with Crippen molar-refractivity contribution in [3.63, 3.8) is 0 Å². The van der Waals surface area contributed by atoms with Crippen LogP contribution in [0.5, 0.6) is 0 Å². The third-order valence-corrected chi connectivity index (χ3v) is 3.63. The Morgan fingerprint density at radius 2 is 1.73 bits per heavy atom. The summed E-state index contributed by atoms with van der Waals surface area (Å²) in [4.78, 5) is 40.0. The molecule has 3 rings (SSSR count). The number of pyridine rings is 1. The first-order chi connectivity index (χ1) is 10.5. The first kappa shape index (κ1) is 13.9. The fourth-order valence-electron chi connectivity index (χ4n) is 2.43. The maximum atomic E-state index is 12.2. The number of fused-ring (bicyclic) bond motifs is 1. The first-order valence-electron chi connectivity index (χ1n) is 6.66. The van der Waals surface area contributed by atoms with E-state index in [1.807, 2.05) is 30.3 Å². The van der Waals surface area contributed by atoms with Crippen LogP contribution in [0.25, 0.3) is 22.3 Å². The lowest BCUT2D eigenvalue weighted by Gasteiger charge is -2.10. The molecule has 2 aromatic heterocycles. The Bertz CT molecular complexity index is 1000. The lowest BCUT2D eigenvalue weighted by molar-refractivity contribution is 0.112. The topological polar surface area (TPSA) is 74.0 Å². The van der Waals surface area contributed by atoms with Crippen molar-refractivity contribution in [3.8, 4) is 11.3 Å². The zero-order valence-corrected chi connectivity index (χ0v) is 12.1. The highest BCUT2D eigenvalue weighted by molar-refractivity contribution is 5.92. The maximum absolute atomic E-state index is 12.2. The number of benzene rings is 1. The van der Waals surface area contributed by atoms with Crippen LogP contribution in [0, 0.1) is 0 Å². The molecule has 22 heavy (non-hydrogen) atoms. The van der Waals surface area contributed by atoms with E-state index in [9.17, 15) is 14.4 Å². The number of rotatable bonds is 2. The van der Waals surface area contributed by atoms with Crippen LogP contribution in [-0.2, 0) is 14.1 Å². The lowest BCUT2D eigenvalue weighted by Crippen LogP contribution is -2.37. The second-order valence-electron chi connectivity index (χ2n) is 4.99. The number of nitrogens with zero attached hydrogens (tertiary/aromatic N) is 3. The van der Waals surface area contributed by atoms with Crippen LogP contribution >= 0.6 is 0 Å². The van der Waals surface area contributed by atoms with Crippen molar-refractivity contribution >= 4 is 17.3 Å². The normalized spacial score (nSPS) is 10.8. The molecule has 0 radical (unpaired) electrons. The zero-order chi connectivity index (χ0) is 15.9. The molecule has 0 saturated carbocycles. The summed E-state index contributed by atoms with van der Waals surface area (Å²) in [7, 11) is 2.95. The molecule has 6 nitrogen and oxygen atoms in total. The van der Waals surface area contributed by atoms with Gasteiger partial charge in [-0.25, -0.2) is 9.78 Å². The summed E-state index contributed by atoms with van der Waals surface area (Å²) in [6.45, 7) is 0. The summed E-state index contributed by atoms with van der Waals surface area (Å²) < 4.78 is 2.30. The van der Waals surface area contributed by atoms with Gasteiger partial charge in [0.15, 0.2) is 6.29 Å². The molecule has 0 atom stereocenters. The van der Waals surface area contributed by atoms with Crippen molar-refractivity contribution < 1.29 is 4.79 Å². The van der Waals surface area contributed by atoms with Crippen LogP contribution in [0.3, 0.4) is 0 Å². The van der Waals surface area contributed by atoms with Gasteiger partial charge < -0.3 is 0 Å². The summed E-state index contributed by atoms with van der Waals surface area (Å²) >= 11 is 0. The number of aromatic nitrogens is 3. The number of hydrogen-bond donors (Lipinski definition) is 0. The highest BCUT2D eigenvalue weighted by Gasteiger charge is 2.14. The lowest BCUT2D eigenvalue weighted by atomic mass is 10.1. The average molecular weight is 295 g/mol. The summed E-state index contributed by atoms with van der Waals surface area (Å²) in [5.74, 6) is 0. The Hall–Kier alpha value is -3.02. The molecular formula is C16H13N3O3. The van der Waals surface area contributed by atoms with Gasteiger partial charge in [-0.3, -0.25) is 18.7 Å². The largest absolute Gasteiger partial charge is 0.332 e. The molecule has 0 aliphatic rings. The summed E-state index contributed by atoms with van der Waals surface area (Å²) in [5, 5.41) is 0.242. The summed E-state index contributed by atoms with van der Waals surface area (Å²) in [6, 6.07) is 10.6. The van der Waals surface area contributed by atoms with E-state index in [4.69, 9.17) is 0 Å². The fraction of sp³-hybridized carbons (Fsp3) is 0.125. The SMILES string of the molecule is Cn1c(=O)c2cc(C=O)c(-c3ccccc3)nc2n(C)c1=O. The van der Waals surface area contributed by atoms with Crippen molar-refractivity contribution in [2.24, 2.45) is 14.1 Å². The Labute approximate surface area is 125 Å². The molecule has 0 N–H and O–H groups in total. The van der Waals surface area contributed by atoms with Crippen molar-refractivity contribution in [2.45, 2.75) is 0 Å². The minimum atomic E-state index is -0.465. The quantitative estimate of drug-likeness (QED) is 0.664. The van der Waals surface area contributed by atoms with E-state index in [-0.39, 0.29) is 11.0 Å². The molecule has 0 fully saturated rings. The average Bonchev–Trinajstić information content (AvgIpc) is 2.57. The van der Waals surface area contributed by atoms with E-state index in [2.05, 4.69) is 4.98 Å². The minimum absolute atomic E-state index is 0.242. The molecule has 1 aromatic carbocycles. The molecule has 2 heterocycles. The number of hydrogen-bond acceptors (Lipinski definition) is 4. The van der Waals surface area contributed by atoms with Gasteiger partial charge in [0, 0.05) is 25.2 Å². The van der Waals surface area contributed by atoms with Crippen LogP contribution in [0.2, 0.25) is 0 Å². The highest BCUT2D eigenvalue weighted by atomic mass is 16.2. The fourth-order valence-corrected chi connectivity index (χ4v) is 2.43. The Morgan fingerprint density at radius 1 is 1.05 bits per heavy atom. The number of carbonyl (C=O) groups is 1. The molecule has 0 spiro atoms. The van der Waals surface area contributed by atoms with Crippen molar-refractivity contribution in [2.75, 3.05) is 0 Å². The standard InChI is InChI=1S/C16H13N3O3/c1-18-14-12(15(21)19(2)16(18)22)8-11(9-20)13(17-14)10-6-4-3-5-7-10/h3-9H,1-2H3. The molecular weight excluding hydrogens is 282 g/mol. The van der Waals surface area contributed by atoms with Gasteiger partial charge in [0.1, 0.15) is 5.65 Å². The smallest absolute Gasteiger partial charge is 0.298 e. The van der Waals surface area contributed by atoms with Crippen molar-refractivity contribution in [1.82, 2.24) is 14.1 Å². The van der Waals surface area contributed by atoms with Gasteiger partial charge >= 0.3 is 5.69 Å². The molecule has 6 heteroatoms. The number of carbonyl (C=O) groups excluding carboxylic acids is 1. The minimum Gasteiger partial charge on any atom is -0.298 e. The highest BCUT2D eigenvalue weighted by Crippen LogP contribution is 2.22. The van der Waals surface area contributed by atoms with Crippen molar-refractivity contribution in [3.05, 3.63) is 62.8 Å². The molecule has 110 valence electrons.